The fourth-order valence-electron chi connectivity index (χ4n) is 4.20. The molecule has 150 valence electrons. The van der Waals surface area contributed by atoms with Crippen LogP contribution in [0.5, 0.6) is 0 Å². The van der Waals surface area contributed by atoms with Gasteiger partial charge in [-0.1, -0.05) is 91.0 Å². The van der Waals surface area contributed by atoms with Crippen LogP contribution >= 0.6 is 0 Å². The molecule has 0 unspecified atom stereocenters. The fourth-order valence-corrected chi connectivity index (χ4v) is 6.47. The molecule has 0 amide bonds. The normalized spacial score (nSPS) is 16.6. The fraction of sp³-hybridized carbons (Fsp3) is 0.250. The van der Waals surface area contributed by atoms with Crippen LogP contribution in [0.3, 0.4) is 0 Å². The van der Waals surface area contributed by atoms with Gasteiger partial charge in [0.2, 0.25) is 10.0 Å². The quantitative estimate of drug-likeness (QED) is 0.670. The van der Waals surface area contributed by atoms with Crippen molar-refractivity contribution in [3.8, 4) is 0 Å². The van der Waals surface area contributed by atoms with Crippen molar-refractivity contribution in [2.75, 3.05) is 13.1 Å². The number of nitrogens with zero attached hydrogens (tertiary/aromatic N) is 1. The van der Waals surface area contributed by atoms with Crippen LogP contribution in [-0.2, 0) is 15.6 Å². The smallest absolute Gasteiger partial charge is 0.224 e. The molecule has 3 aromatic rings. The summed E-state index contributed by atoms with van der Waals surface area (Å²) in [6, 6.07) is 27.3. The van der Waals surface area contributed by atoms with Gasteiger partial charge in [-0.3, -0.25) is 0 Å². The molecule has 1 aliphatic heterocycles. The predicted molar refractivity (Wildman–Crippen MR) is 115 cm³/mol. The average molecular weight is 408 g/mol. The van der Waals surface area contributed by atoms with Gasteiger partial charge in [0.15, 0.2) is 0 Å². The molecule has 1 fully saturated rings. The maximum atomic E-state index is 13.9. The van der Waals surface area contributed by atoms with Gasteiger partial charge in [-0.2, -0.15) is 0 Å². The zero-order valence-electron chi connectivity index (χ0n) is 16.2. The lowest BCUT2D eigenvalue weighted by Gasteiger charge is -2.39. The van der Waals surface area contributed by atoms with E-state index in [0.29, 0.717) is 29.8 Å². The molecule has 1 heterocycles. The summed E-state index contributed by atoms with van der Waals surface area (Å²) in [5, 5.41) is 11.1. The van der Waals surface area contributed by atoms with E-state index >= 15 is 0 Å². The molecule has 4 nitrogen and oxygen atoms in total. The Balaban J connectivity index is 1.99. The highest BCUT2D eigenvalue weighted by Crippen LogP contribution is 2.47. The molecule has 1 atom stereocenters. The SMILES string of the molecule is O=S(=O)([C@@H](c1ccccc1)C(O)(c1ccccc1)c1ccccc1)N1CCCC1. The summed E-state index contributed by atoms with van der Waals surface area (Å²) in [6.45, 7) is 0.983. The minimum Gasteiger partial charge on any atom is -0.379 e. The van der Waals surface area contributed by atoms with Crippen LogP contribution in [0.25, 0.3) is 0 Å². The van der Waals surface area contributed by atoms with Crippen molar-refractivity contribution in [2.24, 2.45) is 0 Å². The van der Waals surface area contributed by atoms with Gasteiger partial charge in [-0.05, 0) is 29.5 Å². The van der Waals surface area contributed by atoms with Crippen molar-refractivity contribution >= 4 is 10.0 Å². The maximum absolute atomic E-state index is 13.9. The summed E-state index contributed by atoms with van der Waals surface area (Å²) in [5.41, 5.74) is -0.0362. The highest BCUT2D eigenvalue weighted by molar-refractivity contribution is 7.89. The Kier molecular flexibility index (Phi) is 5.54. The summed E-state index contributed by atoms with van der Waals surface area (Å²) in [5.74, 6) is 0. The number of benzene rings is 3. The molecule has 1 N–H and O–H groups in total. The van der Waals surface area contributed by atoms with E-state index in [1.165, 1.54) is 4.31 Å². The molecule has 3 aromatic carbocycles. The van der Waals surface area contributed by atoms with Crippen LogP contribution in [0.4, 0.5) is 0 Å². The van der Waals surface area contributed by atoms with Gasteiger partial charge in [0.25, 0.3) is 0 Å². The molecule has 1 aliphatic rings. The van der Waals surface area contributed by atoms with Crippen LogP contribution in [0, 0.1) is 0 Å². The largest absolute Gasteiger partial charge is 0.379 e. The Bertz CT molecular complexity index is 992. The van der Waals surface area contributed by atoms with Crippen LogP contribution in [-0.4, -0.2) is 30.9 Å². The zero-order valence-corrected chi connectivity index (χ0v) is 17.0. The lowest BCUT2D eigenvalue weighted by Crippen LogP contribution is -2.44. The molecule has 0 aliphatic carbocycles. The van der Waals surface area contributed by atoms with Crippen molar-refractivity contribution in [1.82, 2.24) is 4.31 Å². The first kappa shape index (κ1) is 19.8. The van der Waals surface area contributed by atoms with E-state index in [2.05, 4.69) is 0 Å². The Morgan fingerprint density at radius 3 is 1.59 bits per heavy atom. The third kappa shape index (κ3) is 3.62. The standard InChI is InChI=1S/C24H25NO3S/c26-24(21-14-6-2-7-15-21,22-16-8-3-9-17-22)23(20-12-4-1-5-13-20)29(27,28)25-18-10-11-19-25/h1-9,12-17,23,26H,10-11,18-19H2/t23-/m0/s1. The van der Waals surface area contributed by atoms with Gasteiger partial charge in [-0.15, -0.1) is 0 Å². The van der Waals surface area contributed by atoms with Crippen molar-refractivity contribution in [3.05, 3.63) is 108 Å². The molecule has 0 saturated carbocycles. The predicted octanol–water partition coefficient (Wildman–Crippen LogP) is 4.09. The Morgan fingerprint density at radius 2 is 1.14 bits per heavy atom. The van der Waals surface area contributed by atoms with E-state index in [1.54, 1.807) is 36.4 Å². The van der Waals surface area contributed by atoms with E-state index in [-0.39, 0.29) is 0 Å². The maximum Gasteiger partial charge on any atom is 0.224 e. The molecule has 0 spiro atoms. The summed E-state index contributed by atoms with van der Waals surface area (Å²) >= 11 is 0. The number of hydrogen-bond donors (Lipinski definition) is 1. The topological polar surface area (TPSA) is 57.6 Å². The summed E-state index contributed by atoms with van der Waals surface area (Å²) < 4.78 is 29.3. The average Bonchev–Trinajstić information content (AvgIpc) is 3.32. The van der Waals surface area contributed by atoms with Crippen LogP contribution < -0.4 is 0 Å². The third-order valence-corrected chi connectivity index (χ3v) is 7.93. The van der Waals surface area contributed by atoms with Crippen molar-refractivity contribution in [1.29, 1.82) is 0 Å². The molecule has 29 heavy (non-hydrogen) atoms. The van der Waals surface area contributed by atoms with Crippen molar-refractivity contribution < 1.29 is 13.5 Å². The lowest BCUT2D eigenvalue weighted by molar-refractivity contribution is 0.0729. The van der Waals surface area contributed by atoms with Crippen LogP contribution in [0.1, 0.15) is 34.8 Å². The van der Waals surface area contributed by atoms with E-state index in [1.807, 2.05) is 54.6 Å². The van der Waals surface area contributed by atoms with Gasteiger partial charge in [0.05, 0.1) is 0 Å². The number of aliphatic hydroxyl groups is 1. The van der Waals surface area contributed by atoms with Crippen molar-refractivity contribution in [2.45, 2.75) is 23.7 Å². The Morgan fingerprint density at radius 1 is 0.724 bits per heavy atom. The second-order valence-corrected chi connectivity index (χ2v) is 9.46. The number of hydrogen-bond acceptors (Lipinski definition) is 3. The van der Waals surface area contributed by atoms with Gasteiger partial charge < -0.3 is 5.11 Å². The highest BCUT2D eigenvalue weighted by Gasteiger charge is 2.50. The molecule has 0 radical (unpaired) electrons. The van der Waals surface area contributed by atoms with Crippen molar-refractivity contribution in [3.63, 3.8) is 0 Å². The van der Waals surface area contributed by atoms with Gasteiger partial charge in [0.1, 0.15) is 10.9 Å². The first-order chi connectivity index (χ1) is 14.0. The van der Waals surface area contributed by atoms with E-state index in [9.17, 15) is 13.5 Å². The second-order valence-electron chi connectivity index (χ2n) is 7.44. The third-order valence-electron chi connectivity index (χ3n) is 5.63. The Hall–Kier alpha value is -2.47. The Labute approximate surface area is 172 Å². The second kappa shape index (κ2) is 8.11. The van der Waals surface area contributed by atoms with E-state index in [4.69, 9.17) is 0 Å². The van der Waals surface area contributed by atoms with Crippen LogP contribution in [0.15, 0.2) is 91.0 Å². The first-order valence-corrected chi connectivity index (χ1v) is 11.4. The van der Waals surface area contributed by atoms with Gasteiger partial charge >= 0.3 is 0 Å². The first-order valence-electron chi connectivity index (χ1n) is 9.92. The highest BCUT2D eigenvalue weighted by atomic mass is 32.2. The monoisotopic (exact) mass is 407 g/mol. The van der Waals surface area contributed by atoms with Crippen LogP contribution in [0.2, 0.25) is 0 Å². The van der Waals surface area contributed by atoms with Gasteiger partial charge in [0, 0.05) is 13.1 Å². The summed E-state index contributed by atoms with van der Waals surface area (Å²) in [4.78, 5) is 0. The number of rotatable bonds is 6. The summed E-state index contributed by atoms with van der Waals surface area (Å²) in [6.07, 6.45) is 1.69. The number of sulfonamides is 1. The van der Waals surface area contributed by atoms with E-state index < -0.39 is 20.9 Å². The minimum absolute atomic E-state index is 0.491. The van der Waals surface area contributed by atoms with Gasteiger partial charge in [-0.25, -0.2) is 12.7 Å². The molecule has 1 saturated heterocycles. The molecule has 5 heteroatoms. The molecule has 0 bridgehead atoms. The molecular weight excluding hydrogens is 382 g/mol. The zero-order chi connectivity index (χ0) is 20.3. The lowest BCUT2D eigenvalue weighted by atomic mass is 9.81. The minimum atomic E-state index is -3.82. The summed E-state index contributed by atoms with van der Waals surface area (Å²) in [7, 11) is -3.82. The van der Waals surface area contributed by atoms with E-state index in [0.717, 1.165) is 12.8 Å². The molecular formula is C24H25NO3S. The molecule has 4 rings (SSSR count). The molecule has 0 aromatic heterocycles.